The smallest absolute Gasteiger partial charge is 0.242 e. The van der Waals surface area contributed by atoms with Gasteiger partial charge in [0.15, 0.2) is 0 Å². The molecule has 0 aromatic heterocycles. The molecule has 0 bridgehead atoms. The lowest BCUT2D eigenvalue weighted by Crippen LogP contribution is -2.25. The predicted molar refractivity (Wildman–Crippen MR) is 77.2 cm³/mol. The molecule has 0 fully saturated rings. The zero-order valence-electron chi connectivity index (χ0n) is 9.53. The highest BCUT2D eigenvalue weighted by atomic mass is 35.5. The van der Waals surface area contributed by atoms with Gasteiger partial charge < -0.3 is 5.73 Å². The predicted octanol–water partition coefficient (Wildman–Crippen LogP) is 2.43. The molecule has 0 heterocycles. The van der Waals surface area contributed by atoms with Crippen LogP contribution in [0.15, 0.2) is 23.1 Å². The van der Waals surface area contributed by atoms with Gasteiger partial charge in [-0.15, -0.1) is 12.4 Å². The zero-order valence-corrected chi connectivity index (χ0v) is 12.7. The Balaban J connectivity index is 0.00000289. The summed E-state index contributed by atoms with van der Waals surface area (Å²) in [7, 11) is -3.57. The third-order valence-corrected chi connectivity index (χ3v) is 4.29. The Labute approximate surface area is 123 Å². The standard InChI is InChI=1S/C10H14Cl2N2O2S.ClH/c11-8-3-4-10(9(12)7-8)17(15,16)14-6-2-1-5-13;/h3-4,7,14H,1-2,5-6,13H2;1H. The van der Waals surface area contributed by atoms with Crippen molar-refractivity contribution in [3.63, 3.8) is 0 Å². The molecule has 0 aliphatic rings. The highest BCUT2D eigenvalue weighted by molar-refractivity contribution is 7.89. The minimum atomic E-state index is -3.57. The first-order valence-electron chi connectivity index (χ1n) is 5.12. The van der Waals surface area contributed by atoms with Crippen molar-refractivity contribution in [2.24, 2.45) is 5.73 Å². The number of benzene rings is 1. The van der Waals surface area contributed by atoms with E-state index in [1.165, 1.54) is 18.2 Å². The molecule has 0 unspecified atom stereocenters. The summed E-state index contributed by atoms with van der Waals surface area (Å²) in [6.07, 6.45) is 1.47. The number of unbranched alkanes of at least 4 members (excludes halogenated alkanes) is 1. The van der Waals surface area contributed by atoms with Crippen molar-refractivity contribution >= 4 is 45.6 Å². The molecule has 104 valence electrons. The van der Waals surface area contributed by atoms with E-state index in [0.717, 1.165) is 6.42 Å². The van der Waals surface area contributed by atoms with E-state index in [-0.39, 0.29) is 22.3 Å². The largest absolute Gasteiger partial charge is 0.330 e. The average Bonchev–Trinajstić information content (AvgIpc) is 2.24. The van der Waals surface area contributed by atoms with E-state index in [2.05, 4.69) is 4.72 Å². The zero-order chi connectivity index (χ0) is 12.9. The van der Waals surface area contributed by atoms with E-state index < -0.39 is 10.0 Å². The van der Waals surface area contributed by atoms with Crippen LogP contribution in [0.25, 0.3) is 0 Å². The summed E-state index contributed by atoms with van der Waals surface area (Å²) in [5.41, 5.74) is 5.32. The molecule has 3 N–H and O–H groups in total. The van der Waals surface area contributed by atoms with Crippen molar-refractivity contribution in [3.8, 4) is 0 Å². The fourth-order valence-electron chi connectivity index (χ4n) is 1.25. The molecule has 0 aliphatic carbocycles. The van der Waals surface area contributed by atoms with Crippen LogP contribution in [0.2, 0.25) is 10.0 Å². The van der Waals surface area contributed by atoms with Crippen molar-refractivity contribution in [3.05, 3.63) is 28.2 Å². The number of sulfonamides is 1. The van der Waals surface area contributed by atoms with Gasteiger partial charge in [-0.3, -0.25) is 0 Å². The lowest BCUT2D eigenvalue weighted by Gasteiger charge is -2.08. The molecule has 0 atom stereocenters. The normalized spacial score (nSPS) is 11.1. The first kappa shape index (κ1) is 18.0. The van der Waals surface area contributed by atoms with Crippen molar-refractivity contribution < 1.29 is 8.42 Å². The summed E-state index contributed by atoms with van der Waals surface area (Å²) in [5, 5.41) is 0.515. The van der Waals surface area contributed by atoms with E-state index >= 15 is 0 Å². The van der Waals surface area contributed by atoms with Gasteiger partial charge in [-0.2, -0.15) is 0 Å². The highest BCUT2D eigenvalue weighted by Crippen LogP contribution is 2.24. The third kappa shape index (κ3) is 5.30. The van der Waals surface area contributed by atoms with Crippen molar-refractivity contribution in [2.75, 3.05) is 13.1 Å². The summed E-state index contributed by atoms with van der Waals surface area (Å²) in [6, 6.07) is 4.27. The lowest BCUT2D eigenvalue weighted by atomic mass is 10.3. The second-order valence-electron chi connectivity index (χ2n) is 3.47. The van der Waals surface area contributed by atoms with Crippen molar-refractivity contribution in [1.82, 2.24) is 4.72 Å². The van der Waals surface area contributed by atoms with Gasteiger partial charge in [0, 0.05) is 11.6 Å². The Morgan fingerprint density at radius 3 is 2.44 bits per heavy atom. The summed E-state index contributed by atoms with van der Waals surface area (Å²) in [4.78, 5) is 0.0383. The van der Waals surface area contributed by atoms with Gasteiger partial charge in [0.05, 0.1) is 5.02 Å². The van der Waals surface area contributed by atoms with E-state index in [0.29, 0.717) is 24.5 Å². The monoisotopic (exact) mass is 332 g/mol. The first-order valence-corrected chi connectivity index (χ1v) is 7.36. The van der Waals surface area contributed by atoms with E-state index in [4.69, 9.17) is 28.9 Å². The number of halogens is 3. The molecule has 0 saturated heterocycles. The van der Waals surface area contributed by atoms with E-state index in [1.54, 1.807) is 0 Å². The van der Waals surface area contributed by atoms with Crippen LogP contribution in [0.5, 0.6) is 0 Å². The van der Waals surface area contributed by atoms with Crippen LogP contribution >= 0.6 is 35.6 Å². The molecule has 8 heteroatoms. The van der Waals surface area contributed by atoms with Gasteiger partial charge in [0.1, 0.15) is 4.90 Å². The number of hydrogen-bond acceptors (Lipinski definition) is 3. The Hall–Kier alpha value is -0.0400. The van der Waals surface area contributed by atoms with E-state index in [1.807, 2.05) is 0 Å². The van der Waals surface area contributed by atoms with Gasteiger partial charge in [0.25, 0.3) is 0 Å². The van der Waals surface area contributed by atoms with Crippen LogP contribution in [0.3, 0.4) is 0 Å². The molecule has 18 heavy (non-hydrogen) atoms. The van der Waals surface area contributed by atoms with Crippen LogP contribution in [-0.4, -0.2) is 21.5 Å². The van der Waals surface area contributed by atoms with Crippen LogP contribution in [0.1, 0.15) is 12.8 Å². The van der Waals surface area contributed by atoms with Gasteiger partial charge in [-0.25, -0.2) is 13.1 Å². The molecule has 1 rings (SSSR count). The summed E-state index contributed by atoms with van der Waals surface area (Å²) in [5.74, 6) is 0. The maximum absolute atomic E-state index is 11.9. The van der Waals surface area contributed by atoms with Gasteiger partial charge in [-0.1, -0.05) is 23.2 Å². The van der Waals surface area contributed by atoms with E-state index in [9.17, 15) is 8.42 Å². The lowest BCUT2D eigenvalue weighted by molar-refractivity contribution is 0.577. The van der Waals surface area contributed by atoms with Gasteiger partial charge in [0.2, 0.25) is 10.0 Å². The van der Waals surface area contributed by atoms with Gasteiger partial charge >= 0.3 is 0 Å². The van der Waals surface area contributed by atoms with Crippen molar-refractivity contribution in [1.29, 1.82) is 0 Å². The second kappa shape index (κ2) is 8.19. The fraction of sp³-hybridized carbons (Fsp3) is 0.400. The molecule has 1 aromatic carbocycles. The molecule has 0 radical (unpaired) electrons. The first-order chi connectivity index (χ1) is 7.97. The fourth-order valence-corrected chi connectivity index (χ4v) is 3.09. The molecular formula is C10H15Cl3N2O2S. The highest BCUT2D eigenvalue weighted by Gasteiger charge is 2.17. The van der Waals surface area contributed by atoms with Crippen LogP contribution in [0, 0.1) is 0 Å². The van der Waals surface area contributed by atoms with Crippen LogP contribution in [-0.2, 0) is 10.0 Å². The summed E-state index contributed by atoms with van der Waals surface area (Å²) in [6.45, 7) is 0.891. The summed E-state index contributed by atoms with van der Waals surface area (Å²) < 4.78 is 26.2. The molecule has 0 aliphatic heterocycles. The number of rotatable bonds is 6. The Kier molecular flexibility index (Phi) is 8.18. The number of hydrogen-bond donors (Lipinski definition) is 2. The maximum Gasteiger partial charge on any atom is 0.242 e. The minimum absolute atomic E-state index is 0. The van der Waals surface area contributed by atoms with Gasteiger partial charge in [-0.05, 0) is 37.6 Å². The molecular weight excluding hydrogens is 319 g/mol. The molecule has 0 saturated carbocycles. The third-order valence-electron chi connectivity index (χ3n) is 2.11. The SMILES string of the molecule is Cl.NCCCCNS(=O)(=O)c1ccc(Cl)cc1Cl. The number of nitrogens with two attached hydrogens (primary N) is 1. The second-order valence-corrected chi connectivity index (χ2v) is 6.05. The topological polar surface area (TPSA) is 72.2 Å². The molecule has 4 nitrogen and oxygen atoms in total. The van der Waals surface area contributed by atoms with Crippen LogP contribution < -0.4 is 10.5 Å². The average molecular weight is 334 g/mol. The molecule has 1 aromatic rings. The van der Waals surface area contributed by atoms with Crippen molar-refractivity contribution in [2.45, 2.75) is 17.7 Å². The maximum atomic E-state index is 11.9. The quantitative estimate of drug-likeness (QED) is 0.785. The molecule has 0 spiro atoms. The Morgan fingerprint density at radius 1 is 1.22 bits per heavy atom. The summed E-state index contributed by atoms with van der Waals surface area (Å²) >= 11 is 11.5. The van der Waals surface area contributed by atoms with Crippen LogP contribution in [0.4, 0.5) is 0 Å². The number of nitrogens with one attached hydrogen (secondary N) is 1. The molecule has 0 amide bonds. The minimum Gasteiger partial charge on any atom is -0.330 e. The Morgan fingerprint density at radius 2 is 1.89 bits per heavy atom. The Bertz CT molecular complexity index is 480.